The van der Waals surface area contributed by atoms with Gasteiger partial charge >= 0.3 is 0 Å². The highest BCUT2D eigenvalue weighted by molar-refractivity contribution is 7.99. The first kappa shape index (κ1) is 21.7. The molecule has 1 atom stereocenters. The van der Waals surface area contributed by atoms with Gasteiger partial charge in [0.25, 0.3) is 0 Å². The smallest absolute Gasteiger partial charge is 0.238 e. The summed E-state index contributed by atoms with van der Waals surface area (Å²) in [5.41, 5.74) is 1.41. The zero-order chi connectivity index (χ0) is 20.2. The summed E-state index contributed by atoms with van der Waals surface area (Å²) < 4.78 is 25.2. The second-order valence-corrected chi connectivity index (χ2v) is 9.49. The molecular formula is C18H28N4O3S2. The molecule has 0 spiro atoms. The summed E-state index contributed by atoms with van der Waals surface area (Å²) >= 11 is 1.36. The number of aromatic nitrogens is 2. The third kappa shape index (κ3) is 5.70. The van der Waals surface area contributed by atoms with Gasteiger partial charge in [-0.15, -0.1) is 0 Å². The topological polar surface area (TPSA) is 107 Å². The number of sulfonamides is 1. The van der Waals surface area contributed by atoms with Crippen molar-refractivity contribution in [3.05, 3.63) is 18.2 Å². The average molecular weight is 413 g/mol. The molecule has 0 bridgehead atoms. The van der Waals surface area contributed by atoms with Gasteiger partial charge in [-0.25, -0.2) is 18.5 Å². The van der Waals surface area contributed by atoms with E-state index < -0.39 is 10.0 Å². The molecule has 1 heterocycles. The summed E-state index contributed by atoms with van der Waals surface area (Å²) in [5.74, 6) is 0.583. The number of hydrogen-bond donors (Lipinski definition) is 2. The normalized spacial score (nSPS) is 13.3. The van der Waals surface area contributed by atoms with Crippen molar-refractivity contribution in [2.45, 2.75) is 63.2 Å². The van der Waals surface area contributed by atoms with Gasteiger partial charge in [-0.3, -0.25) is 4.79 Å². The molecule has 9 heteroatoms. The van der Waals surface area contributed by atoms with Crippen LogP contribution in [0.1, 0.15) is 40.5 Å². The summed E-state index contributed by atoms with van der Waals surface area (Å²) in [4.78, 5) is 16.8. The zero-order valence-electron chi connectivity index (χ0n) is 16.2. The Morgan fingerprint density at radius 2 is 2.04 bits per heavy atom. The van der Waals surface area contributed by atoms with Crippen LogP contribution in [-0.4, -0.2) is 35.7 Å². The van der Waals surface area contributed by atoms with Crippen LogP contribution in [-0.2, 0) is 21.4 Å². The molecule has 0 aliphatic carbocycles. The maximum Gasteiger partial charge on any atom is 0.238 e. The van der Waals surface area contributed by atoms with E-state index in [1.165, 1.54) is 23.9 Å². The van der Waals surface area contributed by atoms with E-state index in [0.29, 0.717) is 16.6 Å². The van der Waals surface area contributed by atoms with E-state index >= 15 is 0 Å². The lowest BCUT2D eigenvalue weighted by molar-refractivity contribution is -0.119. The van der Waals surface area contributed by atoms with Gasteiger partial charge in [0.05, 0.1) is 21.7 Å². The molecule has 0 saturated carbocycles. The second-order valence-electron chi connectivity index (χ2n) is 6.98. The van der Waals surface area contributed by atoms with Crippen LogP contribution in [0.3, 0.4) is 0 Å². The fraction of sp³-hybridized carbons (Fsp3) is 0.556. The van der Waals surface area contributed by atoms with Crippen molar-refractivity contribution >= 4 is 38.7 Å². The number of aryl methyl sites for hydroxylation is 1. The molecule has 1 amide bonds. The SMILES string of the molecule is CCCCn1c(SCC(=O)N[C@@H](C)C(C)C)nc2cc(S(N)(=O)=O)ccc21. The molecule has 0 aliphatic heterocycles. The van der Waals surface area contributed by atoms with Crippen molar-refractivity contribution in [1.82, 2.24) is 14.9 Å². The Bertz CT molecular complexity index is 907. The van der Waals surface area contributed by atoms with Crippen LogP contribution in [0.25, 0.3) is 11.0 Å². The van der Waals surface area contributed by atoms with E-state index in [-0.39, 0.29) is 22.6 Å². The van der Waals surface area contributed by atoms with E-state index in [1.807, 2.05) is 11.5 Å². The predicted octanol–water partition coefficient (Wildman–Crippen LogP) is 2.74. The Kier molecular flexibility index (Phi) is 7.30. The highest BCUT2D eigenvalue weighted by atomic mass is 32.2. The number of imidazole rings is 1. The molecule has 1 aromatic heterocycles. The molecule has 27 heavy (non-hydrogen) atoms. The van der Waals surface area contributed by atoms with Gasteiger partial charge in [-0.2, -0.15) is 0 Å². The number of fused-ring (bicyclic) bond motifs is 1. The predicted molar refractivity (Wildman–Crippen MR) is 109 cm³/mol. The number of nitrogens with one attached hydrogen (secondary N) is 1. The fourth-order valence-corrected chi connectivity index (χ4v) is 3.88. The molecule has 0 radical (unpaired) electrons. The number of amides is 1. The lowest BCUT2D eigenvalue weighted by Crippen LogP contribution is -2.37. The van der Waals surface area contributed by atoms with Crippen LogP contribution in [0, 0.1) is 5.92 Å². The number of hydrogen-bond acceptors (Lipinski definition) is 5. The van der Waals surface area contributed by atoms with Gasteiger partial charge in [0.2, 0.25) is 15.9 Å². The maximum atomic E-state index is 12.2. The van der Waals surface area contributed by atoms with Crippen LogP contribution in [0.4, 0.5) is 0 Å². The number of rotatable bonds is 9. The van der Waals surface area contributed by atoms with E-state index in [1.54, 1.807) is 6.07 Å². The number of nitrogens with two attached hydrogens (primary N) is 1. The summed E-state index contributed by atoms with van der Waals surface area (Å²) in [5, 5.41) is 8.91. The largest absolute Gasteiger partial charge is 0.353 e. The first-order chi connectivity index (χ1) is 12.6. The number of thioether (sulfide) groups is 1. The fourth-order valence-electron chi connectivity index (χ4n) is 2.50. The number of carbonyl (C=O) groups is 1. The van der Waals surface area contributed by atoms with Gasteiger partial charge in [0.1, 0.15) is 0 Å². The van der Waals surface area contributed by atoms with Gasteiger partial charge in [-0.1, -0.05) is 39.0 Å². The van der Waals surface area contributed by atoms with Gasteiger partial charge in [-0.05, 0) is 37.5 Å². The number of nitrogens with zero attached hydrogens (tertiary/aromatic N) is 2. The molecule has 0 fully saturated rings. The van der Waals surface area contributed by atoms with Crippen LogP contribution in [0.5, 0.6) is 0 Å². The third-order valence-electron chi connectivity index (χ3n) is 4.47. The maximum absolute atomic E-state index is 12.2. The molecule has 1 aromatic carbocycles. The average Bonchev–Trinajstić information content (AvgIpc) is 2.93. The minimum absolute atomic E-state index is 0.0372. The second kappa shape index (κ2) is 9.07. The quantitative estimate of drug-likeness (QED) is 0.616. The Balaban J connectivity index is 2.26. The third-order valence-corrected chi connectivity index (χ3v) is 6.36. The van der Waals surface area contributed by atoms with Crippen molar-refractivity contribution in [3.63, 3.8) is 0 Å². The first-order valence-electron chi connectivity index (χ1n) is 9.08. The van der Waals surface area contributed by atoms with E-state index in [0.717, 1.165) is 24.9 Å². The van der Waals surface area contributed by atoms with Crippen LogP contribution in [0.15, 0.2) is 28.3 Å². The highest BCUT2D eigenvalue weighted by Gasteiger charge is 2.17. The molecule has 7 nitrogen and oxygen atoms in total. The summed E-state index contributed by atoms with van der Waals surface area (Å²) in [7, 11) is -3.78. The zero-order valence-corrected chi connectivity index (χ0v) is 17.9. The van der Waals surface area contributed by atoms with Crippen molar-refractivity contribution in [3.8, 4) is 0 Å². The number of benzene rings is 1. The highest BCUT2D eigenvalue weighted by Crippen LogP contribution is 2.26. The van der Waals surface area contributed by atoms with Crippen molar-refractivity contribution in [1.29, 1.82) is 0 Å². The Hall–Kier alpha value is -1.58. The Morgan fingerprint density at radius 3 is 2.63 bits per heavy atom. The monoisotopic (exact) mass is 412 g/mol. The van der Waals surface area contributed by atoms with Crippen molar-refractivity contribution in [2.75, 3.05) is 5.75 Å². The molecule has 0 unspecified atom stereocenters. The summed E-state index contributed by atoms with van der Waals surface area (Å²) in [6, 6.07) is 4.81. The lowest BCUT2D eigenvalue weighted by atomic mass is 10.1. The number of primary sulfonamides is 1. The molecular weight excluding hydrogens is 384 g/mol. The van der Waals surface area contributed by atoms with Crippen molar-refractivity contribution < 1.29 is 13.2 Å². The molecule has 2 aromatic rings. The Labute approximate surface area is 165 Å². The van der Waals surface area contributed by atoms with Crippen LogP contribution in [0.2, 0.25) is 0 Å². The lowest BCUT2D eigenvalue weighted by Gasteiger charge is -2.17. The first-order valence-corrected chi connectivity index (χ1v) is 11.6. The van der Waals surface area contributed by atoms with Gasteiger partial charge in [0.15, 0.2) is 5.16 Å². The van der Waals surface area contributed by atoms with Gasteiger partial charge < -0.3 is 9.88 Å². The minimum atomic E-state index is -3.78. The molecule has 150 valence electrons. The standard InChI is InChI=1S/C18H28N4O3S2/c1-5-6-9-22-16-8-7-14(27(19,24)25)10-15(16)21-18(22)26-11-17(23)20-13(4)12(2)3/h7-8,10,12-13H,5-6,9,11H2,1-4H3,(H,20,23)(H2,19,24,25)/t13-/m0/s1. The van der Waals surface area contributed by atoms with E-state index in [9.17, 15) is 13.2 Å². The number of carbonyl (C=O) groups excluding carboxylic acids is 1. The molecule has 0 saturated heterocycles. The molecule has 3 N–H and O–H groups in total. The van der Waals surface area contributed by atoms with Gasteiger partial charge in [0, 0.05) is 12.6 Å². The van der Waals surface area contributed by atoms with Crippen molar-refractivity contribution in [2.24, 2.45) is 11.1 Å². The van der Waals surface area contributed by atoms with Crippen LogP contribution < -0.4 is 10.5 Å². The summed E-state index contributed by atoms with van der Waals surface area (Å²) in [6.45, 7) is 8.97. The minimum Gasteiger partial charge on any atom is -0.353 e. The number of unbranched alkanes of at least 4 members (excludes halogenated alkanes) is 1. The summed E-state index contributed by atoms with van der Waals surface area (Å²) in [6.07, 6.45) is 1.98. The van der Waals surface area contributed by atoms with E-state index in [4.69, 9.17) is 5.14 Å². The van der Waals surface area contributed by atoms with Crippen LogP contribution >= 0.6 is 11.8 Å². The molecule has 2 rings (SSSR count). The Morgan fingerprint density at radius 1 is 1.33 bits per heavy atom. The molecule has 0 aliphatic rings. The van der Waals surface area contributed by atoms with E-state index in [2.05, 4.69) is 31.1 Å².